The van der Waals surface area contributed by atoms with Crippen LogP contribution in [0.4, 0.5) is 0 Å². The first-order valence-electron chi connectivity index (χ1n) is 6.62. The normalized spacial score (nSPS) is 18.8. The van der Waals surface area contributed by atoms with Crippen LogP contribution in [0.2, 0.25) is 0 Å². The summed E-state index contributed by atoms with van der Waals surface area (Å²) in [7, 11) is 2.96. The Morgan fingerprint density at radius 3 is 2.85 bits per heavy atom. The Balaban J connectivity index is 2.01. The summed E-state index contributed by atoms with van der Waals surface area (Å²) >= 11 is 0. The van der Waals surface area contributed by atoms with Crippen molar-refractivity contribution in [2.75, 3.05) is 27.3 Å². The predicted octanol–water partition coefficient (Wildman–Crippen LogP) is 1.57. The molecule has 1 aliphatic heterocycles. The smallest absolute Gasteiger partial charge is 0.325 e. The van der Waals surface area contributed by atoms with Gasteiger partial charge < -0.3 is 14.4 Å². The summed E-state index contributed by atoms with van der Waals surface area (Å²) in [6, 6.07) is 7.79. The second-order valence-corrected chi connectivity index (χ2v) is 4.86. The third-order valence-corrected chi connectivity index (χ3v) is 3.63. The zero-order valence-corrected chi connectivity index (χ0v) is 11.8. The van der Waals surface area contributed by atoms with Crippen molar-refractivity contribution in [3.05, 3.63) is 29.8 Å². The molecule has 0 N–H and O–H groups in total. The number of carbonyl (C=O) groups is 2. The lowest BCUT2D eigenvalue weighted by Crippen LogP contribution is -2.41. The van der Waals surface area contributed by atoms with E-state index in [1.165, 1.54) is 7.11 Å². The molecule has 5 nitrogen and oxygen atoms in total. The lowest BCUT2D eigenvalue weighted by molar-refractivity contribution is -0.148. The third kappa shape index (κ3) is 3.29. The van der Waals surface area contributed by atoms with Crippen LogP contribution < -0.4 is 4.74 Å². The summed E-state index contributed by atoms with van der Waals surface area (Å²) in [5, 5.41) is 0. The van der Waals surface area contributed by atoms with Gasteiger partial charge in [-0.2, -0.15) is 0 Å². The summed E-state index contributed by atoms with van der Waals surface area (Å²) < 4.78 is 9.80. The fourth-order valence-corrected chi connectivity index (χ4v) is 2.45. The van der Waals surface area contributed by atoms with Crippen molar-refractivity contribution in [1.29, 1.82) is 0 Å². The largest absolute Gasteiger partial charge is 0.497 e. The second kappa shape index (κ2) is 6.41. The number of benzene rings is 1. The fourth-order valence-electron chi connectivity index (χ4n) is 2.45. The molecule has 5 heteroatoms. The first-order chi connectivity index (χ1) is 9.63. The predicted molar refractivity (Wildman–Crippen MR) is 73.6 cm³/mol. The van der Waals surface area contributed by atoms with Gasteiger partial charge in [0.15, 0.2) is 0 Å². The van der Waals surface area contributed by atoms with Gasteiger partial charge in [0.1, 0.15) is 12.3 Å². The quantitative estimate of drug-likeness (QED) is 0.784. The van der Waals surface area contributed by atoms with Crippen LogP contribution in [0.1, 0.15) is 24.3 Å². The summed E-state index contributed by atoms with van der Waals surface area (Å²) in [5.41, 5.74) is 1.11. The van der Waals surface area contributed by atoms with Crippen LogP contribution in [0, 0.1) is 0 Å². The minimum atomic E-state index is -0.377. The van der Waals surface area contributed by atoms with Crippen molar-refractivity contribution in [3.8, 4) is 5.75 Å². The molecule has 1 saturated heterocycles. The SMILES string of the molecule is COC(=O)CN1CC[C@@H](c2cccc(OC)c2)CC1=O. The molecular formula is C15H19NO4. The molecule has 1 aromatic rings. The van der Waals surface area contributed by atoms with Crippen LogP contribution in [0.5, 0.6) is 5.75 Å². The van der Waals surface area contributed by atoms with Crippen LogP contribution in [0.15, 0.2) is 24.3 Å². The molecule has 0 saturated carbocycles. The van der Waals surface area contributed by atoms with Gasteiger partial charge in [0.25, 0.3) is 0 Å². The number of hydrogen-bond acceptors (Lipinski definition) is 4. The number of carbonyl (C=O) groups excluding carboxylic acids is 2. The number of piperidine rings is 1. The van der Waals surface area contributed by atoms with Gasteiger partial charge in [0.2, 0.25) is 5.91 Å². The maximum atomic E-state index is 12.1. The number of rotatable bonds is 4. The van der Waals surface area contributed by atoms with E-state index < -0.39 is 0 Å². The van der Waals surface area contributed by atoms with Gasteiger partial charge in [-0.25, -0.2) is 0 Å². The Hall–Kier alpha value is -2.04. The molecule has 0 unspecified atom stereocenters. The number of likely N-dealkylation sites (tertiary alicyclic amines) is 1. The molecule has 0 aliphatic carbocycles. The summed E-state index contributed by atoms with van der Waals surface area (Å²) in [4.78, 5) is 24.9. The van der Waals surface area contributed by atoms with Gasteiger partial charge in [0, 0.05) is 13.0 Å². The Bertz CT molecular complexity index is 500. The van der Waals surface area contributed by atoms with Crippen LogP contribution >= 0.6 is 0 Å². The molecule has 0 spiro atoms. The third-order valence-electron chi connectivity index (χ3n) is 3.63. The Kier molecular flexibility index (Phi) is 4.61. The molecule has 2 rings (SSSR count). The average Bonchev–Trinajstić information content (AvgIpc) is 2.49. The molecule has 1 aromatic carbocycles. The van der Waals surface area contributed by atoms with Gasteiger partial charge in [-0.05, 0) is 30.0 Å². The van der Waals surface area contributed by atoms with E-state index in [1.807, 2.05) is 24.3 Å². The average molecular weight is 277 g/mol. The molecule has 1 fully saturated rings. The molecule has 0 aromatic heterocycles. The maximum absolute atomic E-state index is 12.1. The highest BCUT2D eigenvalue weighted by molar-refractivity contribution is 5.83. The lowest BCUT2D eigenvalue weighted by atomic mass is 9.89. The van der Waals surface area contributed by atoms with Gasteiger partial charge in [-0.1, -0.05) is 12.1 Å². The van der Waals surface area contributed by atoms with E-state index in [0.29, 0.717) is 13.0 Å². The van der Waals surface area contributed by atoms with E-state index in [0.717, 1.165) is 17.7 Å². The highest BCUT2D eigenvalue weighted by atomic mass is 16.5. The van der Waals surface area contributed by atoms with Crippen molar-refractivity contribution < 1.29 is 19.1 Å². The second-order valence-electron chi connectivity index (χ2n) is 4.86. The van der Waals surface area contributed by atoms with Crippen molar-refractivity contribution in [3.63, 3.8) is 0 Å². The fraction of sp³-hybridized carbons (Fsp3) is 0.467. The zero-order valence-electron chi connectivity index (χ0n) is 11.8. The number of esters is 1. The van der Waals surface area contributed by atoms with Gasteiger partial charge in [-0.15, -0.1) is 0 Å². The Morgan fingerprint density at radius 2 is 2.20 bits per heavy atom. The van der Waals surface area contributed by atoms with Crippen LogP contribution in [0.3, 0.4) is 0 Å². The van der Waals surface area contributed by atoms with E-state index in [4.69, 9.17) is 4.74 Å². The van der Waals surface area contributed by atoms with E-state index >= 15 is 0 Å². The highest BCUT2D eigenvalue weighted by Crippen LogP contribution is 2.30. The van der Waals surface area contributed by atoms with Crippen molar-refractivity contribution in [2.24, 2.45) is 0 Å². The number of amides is 1. The van der Waals surface area contributed by atoms with E-state index in [9.17, 15) is 9.59 Å². The summed E-state index contributed by atoms with van der Waals surface area (Å²) in [5.74, 6) is 0.603. The number of hydrogen-bond donors (Lipinski definition) is 0. The molecule has 0 bridgehead atoms. The monoisotopic (exact) mass is 277 g/mol. The summed E-state index contributed by atoms with van der Waals surface area (Å²) in [6.45, 7) is 0.621. The maximum Gasteiger partial charge on any atom is 0.325 e. The highest BCUT2D eigenvalue weighted by Gasteiger charge is 2.28. The topological polar surface area (TPSA) is 55.8 Å². The molecule has 1 amide bonds. The minimum absolute atomic E-state index is 0.00512. The standard InChI is InChI=1S/C15H19NO4/c1-19-13-5-3-4-11(8-13)12-6-7-16(14(17)9-12)10-15(18)20-2/h3-5,8,12H,6-7,9-10H2,1-2H3/t12-/m1/s1. The Morgan fingerprint density at radius 1 is 1.40 bits per heavy atom. The van der Waals surface area contributed by atoms with Gasteiger partial charge >= 0.3 is 5.97 Å². The molecular weight excluding hydrogens is 258 g/mol. The molecule has 1 aliphatic rings. The molecule has 20 heavy (non-hydrogen) atoms. The van der Waals surface area contributed by atoms with Crippen molar-refractivity contribution >= 4 is 11.9 Å². The van der Waals surface area contributed by atoms with E-state index in [-0.39, 0.29) is 24.3 Å². The van der Waals surface area contributed by atoms with Crippen LogP contribution in [-0.2, 0) is 14.3 Å². The van der Waals surface area contributed by atoms with E-state index in [1.54, 1.807) is 12.0 Å². The number of ether oxygens (including phenoxy) is 2. The van der Waals surface area contributed by atoms with Gasteiger partial charge in [-0.3, -0.25) is 9.59 Å². The minimum Gasteiger partial charge on any atom is -0.497 e. The molecule has 0 radical (unpaired) electrons. The van der Waals surface area contributed by atoms with Crippen LogP contribution in [-0.4, -0.2) is 44.1 Å². The zero-order chi connectivity index (χ0) is 14.5. The number of nitrogens with zero attached hydrogens (tertiary/aromatic N) is 1. The first kappa shape index (κ1) is 14.4. The molecule has 1 atom stereocenters. The van der Waals surface area contributed by atoms with Crippen molar-refractivity contribution in [1.82, 2.24) is 4.90 Å². The van der Waals surface area contributed by atoms with E-state index in [2.05, 4.69) is 4.74 Å². The Labute approximate surface area is 118 Å². The molecule has 108 valence electrons. The van der Waals surface area contributed by atoms with Crippen molar-refractivity contribution in [2.45, 2.75) is 18.8 Å². The van der Waals surface area contributed by atoms with Gasteiger partial charge in [0.05, 0.1) is 14.2 Å². The number of methoxy groups -OCH3 is 2. The summed E-state index contributed by atoms with van der Waals surface area (Å²) in [6.07, 6.45) is 1.26. The molecule has 1 heterocycles. The van der Waals surface area contributed by atoms with Crippen LogP contribution in [0.25, 0.3) is 0 Å². The lowest BCUT2D eigenvalue weighted by Gasteiger charge is -2.31. The first-order valence-corrected chi connectivity index (χ1v) is 6.62.